The maximum absolute atomic E-state index is 12.9. The number of hydrogen-bond donors (Lipinski definition) is 2. The summed E-state index contributed by atoms with van der Waals surface area (Å²) in [5, 5.41) is 10.9. The van der Waals surface area contributed by atoms with Crippen LogP contribution in [0, 0.1) is 0 Å². The summed E-state index contributed by atoms with van der Waals surface area (Å²) in [6.07, 6.45) is 2.69. The lowest BCUT2D eigenvalue weighted by Gasteiger charge is -2.36. The molecule has 0 saturated carbocycles. The maximum Gasteiger partial charge on any atom is 0.254 e. The highest BCUT2D eigenvalue weighted by atomic mass is 16.3. The summed E-state index contributed by atoms with van der Waals surface area (Å²) in [4.78, 5) is 17.9. The number of benzene rings is 2. The van der Waals surface area contributed by atoms with Gasteiger partial charge in [0, 0.05) is 29.2 Å². The topological polar surface area (TPSA) is 56.3 Å². The second-order valence-corrected chi connectivity index (χ2v) is 5.93. The molecular weight excluding hydrogens is 288 g/mol. The lowest BCUT2D eigenvalue weighted by Crippen LogP contribution is -2.41. The van der Waals surface area contributed by atoms with E-state index in [-0.39, 0.29) is 18.6 Å². The van der Waals surface area contributed by atoms with E-state index in [4.69, 9.17) is 0 Å². The molecule has 2 aromatic carbocycles. The zero-order valence-corrected chi connectivity index (χ0v) is 12.7. The van der Waals surface area contributed by atoms with Crippen LogP contribution in [-0.2, 0) is 6.42 Å². The van der Waals surface area contributed by atoms with Crippen molar-refractivity contribution in [2.75, 3.05) is 13.2 Å². The van der Waals surface area contributed by atoms with Gasteiger partial charge in [-0.1, -0.05) is 24.3 Å². The van der Waals surface area contributed by atoms with Crippen molar-refractivity contribution in [1.82, 2.24) is 9.88 Å². The normalized spacial score (nSPS) is 17.3. The molecule has 1 aliphatic rings. The summed E-state index contributed by atoms with van der Waals surface area (Å²) in [6, 6.07) is 15.4. The Hall–Kier alpha value is -2.59. The van der Waals surface area contributed by atoms with Crippen LogP contribution in [0.5, 0.6) is 0 Å². The van der Waals surface area contributed by atoms with Crippen LogP contribution in [0.25, 0.3) is 10.9 Å². The van der Waals surface area contributed by atoms with Gasteiger partial charge in [0.2, 0.25) is 0 Å². The van der Waals surface area contributed by atoms with Crippen molar-refractivity contribution < 1.29 is 9.90 Å². The van der Waals surface area contributed by atoms with E-state index >= 15 is 0 Å². The van der Waals surface area contributed by atoms with Gasteiger partial charge in [0.25, 0.3) is 5.91 Å². The first-order valence-electron chi connectivity index (χ1n) is 7.84. The van der Waals surface area contributed by atoms with Crippen LogP contribution in [0.4, 0.5) is 0 Å². The molecule has 116 valence electrons. The number of amides is 1. The van der Waals surface area contributed by atoms with Gasteiger partial charge in [0.1, 0.15) is 0 Å². The number of hydrogen-bond acceptors (Lipinski definition) is 2. The molecule has 3 aromatic rings. The first-order valence-corrected chi connectivity index (χ1v) is 7.84. The van der Waals surface area contributed by atoms with Crippen molar-refractivity contribution in [2.24, 2.45) is 0 Å². The Kier molecular flexibility index (Phi) is 3.39. The van der Waals surface area contributed by atoms with Gasteiger partial charge in [-0.15, -0.1) is 0 Å². The van der Waals surface area contributed by atoms with Crippen molar-refractivity contribution >= 4 is 16.8 Å². The molecule has 0 aliphatic carbocycles. The number of aromatic nitrogens is 1. The minimum Gasteiger partial charge on any atom is -0.394 e. The van der Waals surface area contributed by atoms with Crippen LogP contribution >= 0.6 is 0 Å². The first-order chi connectivity index (χ1) is 11.3. The highest BCUT2D eigenvalue weighted by Gasteiger charge is 2.30. The highest BCUT2D eigenvalue weighted by molar-refractivity contribution is 5.98. The molecule has 4 nitrogen and oxygen atoms in total. The molecule has 4 rings (SSSR count). The molecular formula is C19H18N2O2. The van der Waals surface area contributed by atoms with Gasteiger partial charge in [-0.25, -0.2) is 0 Å². The molecule has 1 aliphatic heterocycles. The maximum atomic E-state index is 12.9. The number of aromatic amines is 1. The molecule has 1 aromatic heterocycles. The number of carbonyl (C=O) groups excluding carboxylic acids is 1. The van der Waals surface area contributed by atoms with E-state index in [1.165, 1.54) is 5.56 Å². The van der Waals surface area contributed by atoms with Crippen molar-refractivity contribution in [3.63, 3.8) is 0 Å². The van der Waals surface area contributed by atoms with E-state index in [1.807, 2.05) is 48.7 Å². The fraction of sp³-hybridized carbons (Fsp3) is 0.211. The Labute approximate surface area is 134 Å². The largest absolute Gasteiger partial charge is 0.394 e. The molecule has 2 N–H and O–H groups in total. The molecule has 0 unspecified atom stereocenters. The molecule has 0 radical (unpaired) electrons. The number of rotatable bonds is 2. The standard InChI is InChI=1S/C19H18N2O2/c22-12-18-16-4-2-1-3-13(16)8-10-21(18)19(23)15-5-6-17-14(11-15)7-9-20-17/h1-7,9,11,18,20,22H,8,10,12H2/t18-/m1/s1. The minimum absolute atomic E-state index is 0.0262. The Balaban J connectivity index is 1.70. The van der Waals surface area contributed by atoms with E-state index in [9.17, 15) is 9.90 Å². The Morgan fingerprint density at radius 3 is 2.96 bits per heavy atom. The minimum atomic E-state index is -0.269. The van der Waals surface area contributed by atoms with Gasteiger partial charge >= 0.3 is 0 Å². The van der Waals surface area contributed by atoms with Gasteiger partial charge in [-0.3, -0.25) is 4.79 Å². The van der Waals surface area contributed by atoms with E-state index in [0.717, 1.165) is 22.9 Å². The highest BCUT2D eigenvalue weighted by Crippen LogP contribution is 2.30. The van der Waals surface area contributed by atoms with Gasteiger partial charge in [0.15, 0.2) is 0 Å². The lowest BCUT2D eigenvalue weighted by atomic mass is 9.92. The summed E-state index contributed by atoms with van der Waals surface area (Å²) in [5.74, 6) is -0.0262. The zero-order valence-electron chi connectivity index (χ0n) is 12.7. The SMILES string of the molecule is O=C(c1ccc2[nH]ccc2c1)N1CCc2ccccc2[C@H]1CO. The summed E-state index contributed by atoms with van der Waals surface area (Å²) >= 11 is 0. The Morgan fingerprint density at radius 1 is 1.22 bits per heavy atom. The average molecular weight is 306 g/mol. The van der Waals surface area contributed by atoms with Crippen LogP contribution in [-0.4, -0.2) is 34.0 Å². The predicted molar refractivity (Wildman–Crippen MR) is 89.3 cm³/mol. The molecule has 4 heteroatoms. The fourth-order valence-corrected chi connectivity index (χ4v) is 3.44. The average Bonchev–Trinajstić information content (AvgIpc) is 3.07. The molecule has 0 fully saturated rings. The van der Waals surface area contributed by atoms with Crippen LogP contribution in [0.15, 0.2) is 54.7 Å². The van der Waals surface area contributed by atoms with Crippen molar-refractivity contribution in [2.45, 2.75) is 12.5 Å². The van der Waals surface area contributed by atoms with Gasteiger partial charge < -0.3 is 15.0 Å². The number of nitrogens with one attached hydrogen (secondary N) is 1. The second kappa shape index (κ2) is 5.56. The molecule has 1 amide bonds. The number of carbonyl (C=O) groups is 1. The third-order valence-corrected chi connectivity index (χ3v) is 4.65. The zero-order chi connectivity index (χ0) is 15.8. The van der Waals surface area contributed by atoms with E-state index < -0.39 is 0 Å². The van der Waals surface area contributed by atoms with Crippen molar-refractivity contribution in [1.29, 1.82) is 0 Å². The first kappa shape index (κ1) is 14.0. The van der Waals surface area contributed by atoms with Gasteiger partial charge in [-0.2, -0.15) is 0 Å². The third-order valence-electron chi connectivity index (χ3n) is 4.65. The van der Waals surface area contributed by atoms with Crippen molar-refractivity contribution in [3.05, 3.63) is 71.4 Å². The van der Waals surface area contributed by atoms with E-state index in [1.54, 1.807) is 4.90 Å². The van der Waals surface area contributed by atoms with Crippen LogP contribution in [0.2, 0.25) is 0 Å². The summed E-state index contributed by atoms with van der Waals surface area (Å²) in [5.41, 5.74) is 3.95. The van der Waals surface area contributed by atoms with Crippen LogP contribution in [0.1, 0.15) is 27.5 Å². The van der Waals surface area contributed by atoms with Gasteiger partial charge in [0.05, 0.1) is 12.6 Å². The summed E-state index contributed by atoms with van der Waals surface area (Å²) in [7, 11) is 0. The summed E-state index contributed by atoms with van der Waals surface area (Å²) in [6.45, 7) is 0.571. The lowest BCUT2D eigenvalue weighted by molar-refractivity contribution is 0.0569. The van der Waals surface area contributed by atoms with E-state index in [0.29, 0.717) is 12.1 Å². The van der Waals surface area contributed by atoms with Crippen LogP contribution < -0.4 is 0 Å². The third kappa shape index (κ3) is 2.32. The number of fused-ring (bicyclic) bond motifs is 2. The smallest absolute Gasteiger partial charge is 0.254 e. The summed E-state index contributed by atoms with van der Waals surface area (Å²) < 4.78 is 0. The Morgan fingerprint density at radius 2 is 2.09 bits per heavy atom. The molecule has 1 atom stereocenters. The second-order valence-electron chi connectivity index (χ2n) is 5.93. The quantitative estimate of drug-likeness (QED) is 0.765. The molecule has 0 spiro atoms. The number of aliphatic hydroxyl groups excluding tert-OH is 1. The number of nitrogens with zero attached hydrogens (tertiary/aromatic N) is 1. The predicted octanol–water partition coefficient (Wildman–Crippen LogP) is 2.90. The number of aliphatic hydroxyl groups is 1. The molecule has 2 heterocycles. The fourth-order valence-electron chi connectivity index (χ4n) is 3.44. The molecule has 23 heavy (non-hydrogen) atoms. The van der Waals surface area contributed by atoms with Gasteiger partial charge in [-0.05, 0) is 41.8 Å². The van der Waals surface area contributed by atoms with E-state index in [2.05, 4.69) is 11.1 Å². The monoisotopic (exact) mass is 306 g/mol. The van der Waals surface area contributed by atoms with Crippen LogP contribution in [0.3, 0.4) is 0 Å². The molecule has 0 saturated heterocycles. The van der Waals surface area contributed by atoms with Crippen molar-refractivity contribution in [3.8, 4) is 0 Å². The number of H-pyrrole nitrogens is 1. The Bertz CT molecular complexity index is 868. The molecule has 0 bridgehead atoms.